The summed E-state index contributed by atoms with van der Waals surface area (Å²) in [4.78, 5) is 5.10. The van der Waals surface area contributed by atoms with Gasteiger partial charge in [0.05, 0.1) is 10.6 Å². The normalized spacial score (nSPS) is 11.6. The molecule has 0 aliphatic rings. The Morgan fingerprint density at radius 1 is 1.15 bits per heavy atom. The van der Waals surface area contributed by atoms with Crippen LogP contribution in [0.4, 0.5) is 0 Å². The van der Waals surface area contributed by atoms with E-state index in [9.17, 15) is 8.42 Å². The Morgan fingerprint density at radius 2 is 1.81 bits per heavy atom. The lowest BCUT2D eigenvalue weighted by Crippen LogP contribution is -2.09. The number of hydrogen-bond acceptors (Lipinski definition) is 5. The molecule has 0 saturated carbocycles. The van der Waals surface area contributed by atoms with Crippen molar-refractivity contribution >= 4 is 27.9 Å². The zero-order valence-corrected chi connectivity index (χ0v) is 17.4. The van der Waals surface area contributed by atoms with Crippen LogP contribution in [0.15, 0.2) is 40.1 Å². The number of fused-ring (bicyclic) bond motifs is 1. The van der Waals surface area contributed by atoms with Crippen LogP contribution in [0.1, 0.15) is 36.0 Å². The van der Waals surface area contributed by atoms with Crippen molar-refractivity contribution < 1.29 is 8.42 Å². The minimum absolute atomic E-state index is 0. The van der Waals surface area contributed by atoms with Crippen LogP contribution in [-0.2, 0) is 22.7 Å². The summed E-state index contributed by atoms with van der Waals surface area (Å²) in [5.41, 5.74) is 9.41. The van der Waals surface area contributed by atoms with Crippen LogP contribution in [0.25, 0.3) is 5.65 Å². The number of rotatable bonds is 6. The molecule has 0 atom stereocenters. The van der Waals surface area contributed by atoms with E-state index in [-0.39, 0.29) is 22.2 Å². The molecule has 0 amide bonds. The van der Waals surface area contributed by atoms with Gasteiger partial charge in [0.15, 0.2) is 5.65 Å². The van der Waals surface area contributed by atoms with Gasteiger partial charge in [-0.1, -0.05) is 25.1 Å². The van der Waals surface area contributed by atoms with Crippen molar-refractivity contribution in [2.45, 2.75) is 49.8 Å². The van der Waals surface area contributed by atoms with Crippen molar-refractivity contribution in [3.8, 4) is 0 Å². The van der Waals surface area contributed by atoms with Gasteiger partial charge in [0.2, 0.25) is 9.84 Å². The van der Waals surface area contributed by atoms with E-state index in [0.717, 1.165) is 29.8 Å². The Labute approximate surface area is 166 Å². The van der Waals surface area contributed by atoms with E-state index >= 15 is 0 Å². The van der Waals surface area contributed by atoms with Crippen LogP contribution in [0.5, 0.6) is 0 Å². The van der Waals surface area contributed by atoms with Gasteiger partial charge >= 0.3 is 0 Å². The van der Waals surface area contributed by atoms with Gasteiger partial charge in [-0.3, -0.25) is 0 Å². The molecule has 0 radical (unpaired) electrons. The Kier molecular flexibility index (Phi) is 6.62. The first-order valence-electron chi connectivity index (χ1n) is 8.79. The largest absolute Gasteiger partial charge is 0.330 e. The molecule has 2 heterocycles. The fourth-order valence-corrected chi connectivity index (χ4v) is 4.87. The number of nitrogens with zero attached hydrogens (tertiary/aromatic N) is 3. The van der Waals surface area contributed by atoms with E-state index < -0.39 is 9.84 Å². The number of nitrogens with two attached hydrogens (primary N) is 1. The molecule has 3 rings (SSSR count). The third kappa shape index (κ3) is 3.72. The molecule has 0 unspecified atom stereocenters. The summed E-state index contributed by atoms with van der Waals surface area (Å²) in [5.74, 6) is 0. The first-order chi connectivity index (χ1) is 12.4. The summed E-state index contributed by atoms with van der Waals surface area (Å²) in [6.45, 7) is 6.38. The molecule has 8 heteroatoms. The number of sulfone groups is 1. The van der Waals surface area contributed by atoms with Gasteiger partial charge in [-0.25, -0.2) is 17.9 Å². The molecule has 6 nitrogen and oxygen atoms in total. The molecule has 0 aliphatic carbocycles. The zero-order valence-electron chi connectivity index (χ0n) is 15.8. The molecule has 3 aromatic rings. The smallest absolute Gasteiger partial charge is 0.212 e. The van der Waals surface area contributed by atoms with Crippen LogP contribution in [0.3, 0.4) is 0 Å². The minimum Gasteiger partial charge on any atom is -0.330 e. The molecule has 1 aromatic carbocycles. The second kappa shape index (κ2) is 8.37. The van der Waals surface area contributed by atoms with E-state index in [1.807, 2.05) is 20.8 Å². The number of halogens is 1. The highest BCUT2D eigenvalue weighted by molar-refractivity contribution is 7.91. The summed E-state index contributed by atoms with van der Waals surface area (Å²) < 4.78 is 28.2. The van der Waals surface area contributed by atoms with Crippen LogP contribution in [0, 0.1) is 13.8 Å². The van der Waals surface area contributed by atoms with Gasteiger partial charge in [-0.15, -0.1) is 12.4 Å². The van der Waals surface area contributed by atoms with Crippen molar-refractivity contribution in [3.05, 3.63) is 53.0 Å². The SMILES string of the molecule is CCc1nn2c(C)c(CCCN)c(C)nc2c1S(=O)(=O)c1ccccc1.Cl. The molecule has 0 saturated heterocycles. The van der Waals surface area contributed by atoms with Gasteiger partial charge in [0.1, 0.15) is 4.90 Å². The van der Waals surface area contributed by atoms with Crippen LogP contribution < -0.4 is 5.73 Å². The van der Waals surface area contributed by atoms with Crippen molar-refractivity contribution in [3.63, 3.8) is 0 Å². The minimum atomic E-state index is -3.69. The summed E-state index contributed by atoms with van der Waals surface area (Å²) in [6, 6.07) is 8.45. The van der Waals surface area contributed by atoms with Crippen LogP contribution in [-0.4, -0.2) is 29.6 Å². The van der Waals surface area contributed by atoms with Gasteiger partial charge in [0, 0.05) is 11.4 Å². The van der Waals surface area contributed by atoms with E-state index in [1.165, 1.54) is 0 Å². The highest BCUT2D eigenvalue weighted by Gasteiger charge is 2.29. The lowest BCUT2D eigenvalue weighted by Gasteiger charge is -2.11. The Hall–Kier alpha value is -1.96. The molecule has 2 N–H and O–H groups in total. The summed E-state index contributed by atoms with van der Waals surface area (Å²) >= 11 is 0. The third-order valence-corrected chi connectivity index (χ3v) is 6.49. The molecule has 0 spiro atoms. The van der Waals surface area contributed by atoms with Crippen molar-refractivity contribution in [2.75, 3.05) is 6.54 Å². The number of aryl methyl sites for hydroxylation is 3. The van der Waals surface area contributed by atoms with Gasteiger partial charge < -0.3 is 5.73 Å². The Morgan fingerprint density at radius 3 is 2.41 bits per heavy atom. The molecule has 0 aliphatic heterocycles. The average molecular weight is 409 g/mol. The van der Waals surface area contributed by atoms with Gasteiger partial charge in [-0.05, 0) is 57.4 Å². The van der Waals surface area contributed by atoms with Crippen molar-refractivity contribution in [1.82, 2.24) is 14.6 Å². The van der Waals surface area contributed by atoms with E-state index in [0.29, 0.717) is 24.3 Å². The second-order valence-electron chi connectivity index (χ2n) is 6.33. The lowest BCUT2D eigenvalue weighted by molar-refractivity contribution is 0.595. The highest BCUT2D eigenvalue weighted by Crippen LogP contribution is 2.29. The summed E-state index contributed by atoms with van der Waals surface area (Å²) in [7, 11) is -3.69. The molecular weight excluding hydrogens is 384 g/mol. The third-order valence-electron chi connectivity index (χ3n) is 4.64. The number of benzene rings is 1. The van der Waals surface area contributed by atoms with Crippen LogP contribution >= 0.6 is 12.4 Å². The molecular formula is C19H25ClN4O2S. The quantitative estimate of drug-likeness (QED) is 0.676. The maximum Gasteiger partial charge on any atom is 0.212 e. The Balaban J connectivity index is 0.00000261. The predicted octanol–water partition coefficient (Wildman–Crippen LogP) is 3.05. The molecule has 0 bridgehead atoms. The number of hydrogen-bond donors (Lipinski definition) is 1. The second-order valence-corrected chi connectivity index (χ2v) is 8.22. The molecule has 27 heavy (non-hydrogen) atoms. The maximum atomic E-state index is 13.3. The molecule has 146 valence electrons. The van der Waals surface area contributed by atoms with E-state index in [2.05, 4.69) is 10.1 Å². The van der Waals surface area contributed by atoms with Gasteiger partial charge in [-0.2, -0.15) is 5.10 Å². The average Bonchev–Trinajstić information content (AvgIpc) is 3.01. The van der Waals surface area contributed by atoms with Crippen molar-refractivity contribution in [1.29, 1.82) is 0 Å². The maximum absolute atomic E-state index is 13.3. The first kappa shape index (κ1) is 21.3. The molecule has 0 fully saturated rings. The van der Waals surface area contributed by atoms with E-state index in [1.54, 1.807) is 34.8 Å². The highest BCUT2D eigenvalue weighted by atomic mass is 35.5. The first-order valence-corrected chi connectivity index (χ1v) is 10.3. The number of aromatic nitrogens is 3. The predicted molar refractivity (Wildman–Crippen MR) is 108 cm³/mol. The zero-order chi connectivity index (χ0) is 18.9. The van der Waals surface area contributed by atoms with Crippen LogP contribution in [0.2, 0.25) is 0 Å². The fraction of sp³-hybridized carbons (Fsp3) is 0.368. The fourth-order valence-electron chi connectivity index (χ4n) is 3.25. The van der Waals surface area contributed by atoms with E-state index in [4.69, 9.17) is 5.73 Å². The lowest BCUT2D eigenvalue weighted by atomic mass is 10.1. The van der Waals surface area contributed by atoms with Crippen molar-refractivity contribution in [2.24, 2.45) is 5.73 Å². The Bertz CT molecular complexity index is 1050. The van der Waals surface area contributed by atoms with Gasteiger partial charge in [0.25, 0.3) is 0 Å². The summed E-state index contributed by atoms with van der Waals surface area (Å²) in [5, 5.41) is 4.58. The molecule has 2 aromatic heterocycles. The topological polar surface area (TPSA) is 90.3 Å². The standard InChI is InChI=1S/C19H24N4O2S.ClH/c1-4-17-18(26(24,25)15-9-6-5-7-10-15)19-21-13(2)16(11-8-12-20)14(3)23(19)22-17;/h5-7,9-10H,4,8,11-12,20H2,1-3H3;1H. The summed E-state index contributed by atoms with van der Waals surface area (Å²) in [6.07, 6.45) is 2.17. The monoisotopic (exact) mass is 408 g/mol.